The number of benzene rings is 2. The summed E-state index contributed by atoms with van der Waals surface area (Å²) in [4.78, 5) is 0. The number of hydrazone groups is 2. The van der Waals surface area contributed by atoms with E-state index >= 15 is 0 Å². The second kappa shape index (κ2) is 8.86. The number of para-hydroxylation sites is 2. The van der Waals surface area contributed by atoms with Crippen molar-refractivity contribution < 1.29 is 0 Å². The van der Waals surface area contributed by atoms with Gasteiger partial charge in [0.15, 0.2) is 10.2 Å². The maximum atomic E-state index is 5.77. The van der Waals surface area contributed by atoms with Crippen molar-refractivity contribution in [1.82, 2.24) is 0 Å². The third-order valence-corrected chi connectivity index (χ3v) is 3.38. The molecule has 2 rings (SSSR count). The Kier molecular flexibility index (Phi) is 6.55. The van der Waals surface area contributed by atoms with E-state index in [2.05, 4.69) is 10.2 Å². The van der Waals surface area contributed by atoms with Crippen molar-refractivity contribution in [3.05, 3.63) is 60.7 Å². The monoisotopic (exact) mass is 370 g/mol. The molecule has 4 N–H and O–H groups in total. The van der Waals surface area contributed by atoms with Gasteiger partial charge in [0.2, 0.25) is 0 Å². The largest absolute Gasteiger partial charge is 0.374 e. The van der Waals surface area contributed by atoms with E-state index in [4.69, 9.17) is 35.9 Å². The van der Waals surface area contributed by atoms with E-state index in [1.807, 2.05) is 60.7 Å². The number of thiocarbonyl (C=S) groups is 2. The first-order chi connectivity index (χ1) is 12.0. The van der Waals surface area contributed by atoms with Crippen molar-refractivity contribution >= 4 is 58.0 Å². The van der Waals surface area contributed by atoms with Crippen LogP contribution in [0.2, 0.25) is 0 Å². The second-order valence-corrected chi connectivity index (χ2v) is 5.79. The van der Waals surface area contributed by atoms with Gasteiger partial charge in [-0.25, -0.2) is 10.0 Å². The topological polar surface area (TPSA) is 83.2 Å². The summed E-state index contributed by atoms with van der Waals surface area (Å²) < 4.78 is 0. The number of nitrogens with zero attached hydrogens (tertiary/aromatic N) is 4. The Morgan fingerprint density at radius 1 is 0.840 bits per heavy atom. The normalized spacial score (nSPS) is 11.3. The van der Waals surface area contributed by atoms with E-state index in [1.54, 1.807) is 13.1 Å². The number of rotatable bonds is 5. The summed E-state index contributed by atoms with van der Waals surface area (Å²) in [6.07, 6.45) is 1.54. The van der Waals surface area contributed by atoms with Crippen LogP contribution in [0.3, 0.4) is 0 Å². The lowest BCUT2D eigenvalue weighted by Gasteiger charge is -2.18. The van der Waals surface area contributed by atoms with Gasteiger partial charge in [-0.05, 0) is 55.6 Å². The van der Waals surface area contributed by atoms with Crippen molar-refractivity contribution in [3.63, 3.8) is 0 Å². The van der Waals surface area contributed by atoms with Crippen molar-refractivity contribution in [2.75, 3.05) is 10.0 Å². The first kappa shape index (κ1) is 18.5. The molecule has 0 aliphatic carbocycles. The highest BCUT2D eigenvalue weighted by atomic mass is 32.1. The Morgan fingerprint density at radius 2 is 1.28 bits per heavy atom. The molecule has 0 aliphatic rings. The highest BCUT2D eigenvalue weighted by Crippen LogP contribution is 2.14. The average Bonchev–Trinajstić information content (AvgIpc) is 2.61. The Hall–Kier alpha value is -2.84. The van der Waals surface area contributed by atoms with Crippen LogP contribution < -0.4 is 21.5 Å². The summed E-state index contributed by atoms with van der Waals surface area (Å²) in [5.41, 5.74) is 13.6. The standard InChI is InChI=1S/C17H18N6S2/c1-13(21-23(17(19)25)15-10-6-3-7-11-15)12-20-22(16(18)24)14-8-4-2-5-9-14/h2-12H,1H3,(H2,18,24)(H2,19,25)/b20-12-,21-13-. The van der Waals surface area contributed by atoms with Gasteiger partial charge in [0.25, 0.3) is 0 Å². The summed E-state index contributed by atoms with van der Waals surface area (Å²) in [6, 6.07) is 18.7. The van der Waals surface area contributed by atoms with Gasteiger partial charge in [-0.3, -0.25) is 0 Å². The molecule has 0 radical (unpaired) electrons. The molecule has 0 fully saturated rings. The third-order valence-electron chi connectivity index (χ3n) is 3.04. The van der Waals surface area contributed by atoms with Gasteiger partial charge in [-0.2, -0.15) is 10.2 Å². The number of nitrogens with two attached hydrogens (primary N) is 2. The van der Waals surface area contributed by atoms with Crippen molar-refractivity contribution in [1.29, 1.82) is 0 Å². The van der Waals surface area contributed by atoms with Crippen LogP contribution in [0.15, 0.2) is 70.9 Å². The van der Waals surface area contributed by atoms with Crippen LogP contribution in [0.4, 0.5) is 11.4 Å². The fourth-order valence-corrected chi connectivity index (χ4v) is 2.25. The van der Waals surface area contributed by atoms with Crippen molar-refractivity contribution in [3.8, 4) is 0 Å². The van der Waals surface area contributed by atoms with E-state index in [0.29, 0.717) is 5.71 Å². The minimum absolute atomic E-state index is 0.129. The molecule has 8 heteroatoms. The van der Waals surface area contributed by atoms with E-state index in [1.165, 1.54) is 10.0 Å². The van der Waals surface area contributed by atoms with E-state index < -0.39 is 0 Å². The lowest BCUT2D eigenvalue weighted by Crippen LogP contribution is -2.33. The SMILES string of the molecule is CC(/C=N\N(C(N)=S)c1ccccc1)=N/N(C(N)=S)c1ccccc1. The van der Waals surface area contributed by atoms with Gasteiger partial charge < -0.3 is 11.5 Å². The maximum Gasteiger partial charge on any atom is 0.191 e. The molecule has 0 heterocycles. The summed E-state index contributed by atoms with van der Waals surface area (Å²) in [5.74, 6) is 0. The van der Waals surface area contributed by atoms with Gasteiger partial charge in [0, 0.05) is 0 Å². The van der Waals surface area contributed by atoms with Crippen LogP contribution >= 0.6 is 24.4 Å². The minimum Gasteiger partial charge on any atom is -0.374 e. The second-order valence-electron chi connectivity index (χ2n) is 4.96. The Bertz CT molecular complexity index is 789. The van der Waals surface area contributed by atoms with Gasteiger partial charge in [-0.15, -0.1) is 0 Å². The predicted molar refractivity (Wildman–Crippen MR) is 113 cm³/mol. The molecular weight excluding hydrogens is 352 g/mol. The predicted octanol–water partition coefficient (Wildman–Crippen LogP) is 2.85. The van der Waals surface area contributed by atoms with E-state index in [0.717, 1.165) is 11.4 Å². The van der Waals surface area contributed by atoms with Gasteiger partial charge in [0.1, 0.15) is 0 Å². The number of hydrogen-bond donors (Lipinski definition) is 2. The first-order valence-corrected chi connectivity index (χ1v) is 8.19. The molecule has 2 aromatic rings. The molecule has 6 nitrogen and oxygen atoms in total. The molecule has 0 atom stereocenters. The summed E-state index contributed by atoms with van der Waals surface area (Å²) in [5, 5.41) is 11.9. The first-order valence-electron chi connectivity index (χ1n) is 7.37. The lowest BCUT2D eigenvalue weighted by atomic mass is 10.3. The zero-order chi connectivity index (χ0) is 18.2. The molecule has 0 bridgehead atoms. The summed E-state index contributed by atoms with van der Waals surface area (Å²) in [6.45, 7) is 1.78. The van der Waals surface area contributed by atoms with E-state index in [9.17, 15) is 0 Å². The van der Waals surface area contributed by atoms with Crippen LogP contribution in [0.25, 0.3) is 0 Å². The third kappa shape index (κ3) is 5.33. The fourth-order valence-electron chi connectivity index (χ4n) is 1.95. The fraction of sp³-hybridized carbons (Fsp3) is 0.0588. The molecule has 128 valence electrons. The molecule has 0 aromatic heterocycles. The molecule has 2 aromatic carbocycles. The van der Waals surface area contributed by atoms with Crippen LogP contribution in [-0.2, 0) is 0 Å². The van der Waals surface area contributed by atoms with Gasteiger partial charge in [-0.1, -0.05) is 36.4 Å². The summed E-state index contributed by atoms with van der Waals surface area (Å²) in [7, 11) is 0. The Balaban J connectivity index is 2.24. The summed E-state index contributed by atoms with van der Waals surface area (Å²) >= 11 is 10.1. The average molecular weight is 371 g/mol. The molecule has 25 heavy (non-hydrogen) atoms. The molecular formula is C17H18N6S2. The quantitative estimate of drug-likeness (QED) is 0.478. The molecule has 0 aliphatic heterocycles. The lowest BCUT2D eigenvalue weighted by molar-refractivity contribution is 1.12. The zero-order valence-electron chi connectivity index (χ0n) is 13.6. The van der Waals surface area contributed by atoms with Crippen LogP contribution in [0.1, 0.15) is 6.92 Å². The highest BCUT2D eigenvalue weighted by Gasteiger charge is 2.09. The molecule has 0 amide bonds. The smallest absolute Gasteiger partial charge is 0.191 e. The highest BCUT2D eigenvalue weighted by molar-refractivity contribution is 7.80. The molecule has 0 saturated heterocycles. The van der Waals surface area contributed by atoms with Crippen molar-refractivity contribution in [2.45, 2.75) is 6.92 Å². The van der Waals surface area contributed by atoms with Gasteiger partial charge >= 0.3 is 0 Å². The van der Waals surface area contributed by atoms with Crippen LogP contribution in [0.5, 0.6) is 0 Å². The molecule has 0 unspecified atom stereocenters. The zero-order valence-corrected chi connectivity index (χ0v) is 15.2. The Labute approximate surface area is 157 Å². The van der Waals surface area contributed by atoms with Crippen molar-refractivity contribution in [2.24, 2.45) is 21.7 Å². The van der Waals surface area contributed by atoms with Gasteiger partial charge in [0.05, 0.1) is 23.3 Å². The minimum atomic E-state index is 0.129. The molecule has 0 saturated carbocycles. The molecule has 0 spiro atoms. The van der Waals surface area contributed by atoms with E-state index in [-0.39, 0.29) is 10.2 Å². The number of hydrogen-bond acceptors (Lipinski definition) is 4. The Morgan fingerprint density at radius 3 is 1.72 bits per heavy atom. The maximum absolute atomic E-state index is 5.77. The van der Waals surface area contributed by atoms with Crippen LogP contribution in [-0.4, -0.2) is 22.2 Å². The van der Waals surface area contributed by atoms with Crippen LogP contribution in [0, 0.1) is 0 Å². The number of anilines is 2.